The average molecular weight is 341 g/mol. The molecular formula is C20H23NO4. The van der Waals surface area contributed by atoms with Crippen LogP contribution in [-0.4, -0.2) is 24.1 Å². The van der Waals surface area contributed by atoms with E-state index in [2.05, 4.69) is 5.32 Å². The molecule has 132 valence electrons. The van der Waals surface area contributed by atoms with Crippen molar-refractivity contribution in [2.45, 2.75) is 26.2 Å². The fourth-order valence-corrected chi connectivity index (χ4v) is 2.80. The Morgan fingerprint density at radius 2 is 1.72 bits per heavy atom. The van der Waals surface area contributed by atoms with Crippen LogP contribution in [-0.2, 0) is 22.4 Å². The molecule has 5 heteroatoms. The van der Waals surface area contributed by atoms with Gasteiger partial charge in [-0.2, -0.15) is 0 Å². The Balaban J connectivity index is 1.97. The van der Waals surface area contributed by atoms with E-state index in [1.54, 1.807) is 31.4 Å². The van der Waals surface area contributed by atoms with Crippen LogP contribution >= 0.6 is 0 Å². The van der Waals surface area contributed by atoms with Crippen LogP contribution in [0, 0.1) is 5.92 Å². The van der Waals surface area contributed by atoms with Crippen LogP contribution in [0.3, 0.4) is 0 Å². The number of anilines is 1. The second-order valence-corrected chi connectivity index (χ2v) is 6.10. The van der Waals surface area contributed by atoms with Gasteiger partial charge in [0.25, 0.3) is 0 Å². The predicted molar refractivity (Wildman–Crippen MR) is 96.9 cm³/mol. The van der Waals surface area contributed by atoms with Crippen molar-refractivity contribution in [1.29, 1.82) is 0 Å². The molecule has 1 atom stereocenters. The summed E-state index contributed by atoms with van der Waals surface area (Å²) < 4.78 is 5.34. The second kappa shape index (κ2) is 8.87. The Hall–Kier alpha value is -2.82. The largest absolute Gasteiger partial charge is 0.496 e. The lowest BCUT2D eigenvalue weighted by atomic mass is 9.97. The fraction of sp³-hybridized carbons (Fsp3) is 0.300. The van der Waals surface area contributed by atoms with Crippen molar-refractivity contribution in [2.24, 2.45) is 5.92 Å². The molecule has 0 radical (unpaired) electrons. The van der Waals surface area contributed by atoms with E-state index in [9.17, 15) is 9.59 Å². The van der Waals surface area contributed by atoms with Crippen molar-refractivity contribution in [3.8, 4) is 5.75 Å². The van der Waals surface area contributed by atoms with E-state index in [0.29, 0.717) is 17.7 Å². The number of hydrogen-bond donors (Lipinski definition) is 2. The van der Waals surface area contributed by atoms with E-state index >= 15 is 0 Å². The van der Waals surface area contributed by atoms with Crippen molar-refractivity contribution >= 4 is 17.6 Å². The number of carboxylic acids is 1. The molecule has 2 rings (SSSR count). The van der Waals surface area contributed by atoms with Crippen molar-refractivity contribution < 1.29 is 19.4 Å². The van der Waals surface area contributed by atoms with Gasteiger partial charge in [0.1, 0.15) is 5.75 Å². The van der Waals surface area contributed by atoms with Crippen molar-refractivity contribution in [2.75, 3.05) is 12.4 Å². The zero-order valence-corrected chi connectivity index (χ0v) is 14.5. The van der Waals surface area contributed by atoms with Gasteiger partial charge in [-0.3, -0.25) is 9.59 Å². The number of methoxy groups -OCH3 is 1. The number of amides is 1. The van der Waals surface area contributed by atoms with E-state index < -0.39 is 5.97 Å². The summed E-state index contributed by atoms with van der Waals surface area (Å²) in [6, 6.07) is 14.7. The normalized spacial score (nSPS) is 11.6. The van der Waals surface area contributed by atoms with Crippen LogP contribution in [0.4, 0.5) is 5.69 Å². The molecule has 0 saturated carbocycles. The number of para-hydroxylation sites is 2. The third-order valence-electron chi connectivity index (χ3n) is 3.93. The minimum atomic E-state index is -0.925. The van der Waals surface area contributed by atoms with E-state index in [1.807, 2.05) is 31.2 Å². The first kappa shape index (κ1) is 18.5. The van der Waals surface area contributed by atoms with Crippen molar-refractivity contribution in [3.63, 3.8) is 0 Å². The maximum atomic E-state index is 12.3. The van der Waals surface area contributed by atoms with Gasteiger partial charge in [-0.1, -0.05) is 43.3 Å². The first-order chi connectivity index (χ1) is 12.0. The minimum Gasteiger partial charge on any atom is -0.496 e. The molecule has 0 heterocycles. The Morgan fingerprint density at radius 3 is 2.40 bits per heavy atom. The molecule has 0 aromatic heterocycles. The van der Waals surface area contributed by atoms with Gasteiger partial charge in [-0.05, 0) is 35.6 Å². The van der Waals surface area contributed by atoms with Crippen LogP contribution < -0.4 is 10.1 Å². The molecule has 2 N–H and O–H groups in total. The van der Waals surface area contributed by atoms with Gasteiger partial charge in [0.2, 0.25) is 5.91 Å². The quantitative estimate of drug-likeness (QED) is 0.770. The van der Waals surface area contributed by atoms with Gasteiger partial charge in [0.15, 0.2) is 0 Å². The Bertz CT molecular complexity index is 742. The maximum Gasteiger partial charge on any atom is 0.307 e. The van der Waals surface area contributed by atoms with Gasteiger partial charge < -0.3 is 15.2 Å². The SMILES string of the molecule is COc1ccccc1CC(C)CC(=O)Nc1ccccc1CC(=O)O. The van der Waals surface area contributed by atoms with Gasteiger partial charge in [0.05, 0.1) is 13.5 Å². The lowest BCUT2D eigenvalue weighted by molar-refractivity contribution is -0.136. The zero-order chi connectivity index (χ0) is 18.2. The standard InChI is InChI=1S/C20H23NO4/c1-14(11-16-8-4-6-10-18(16)25-2)12-19(22)21-17-9-5-3-7-15(17)13-20(23)24/h3-10,14H,11-13H2,1-2H3,(H,21,22)(H,23,24). The lowest BCUT2D eigenvalue weighted by Gasteiger charge is -2.15. The van der Waals surface area contributed by atoms with Crippen LogP contribution in [0.15, 0.2) is 48.5 Å². The summed E-state index contributed by atoms with van der Waals surface area (Å²) in [4.78, 5) is 23.2. The average Bonchev–Trinajstić information content (AvgIpc) is 2.56. The molecule has 25 heavy (non-hydrogen) atoms. The Labute approximate surface area is 147 Å². The highest BCUT2D eigenvalue weighted by molar-refractivity contribution is 5.92. The summed E-state index contributed by atoms with van der Waals surface area (Å²) >= 11 is 0. The van der Waals surface area contributed by atoms with Crippen LogP contribution in [0.25, 0.3) is 0 Å². The van der Waals surface area contributed by atoms with E-state index in [-0.39, 0.29) is 18.2 Å². The lowest BCUT2D eigenvalue weighted by Crippen LogP contribution is -2.18. The number of carboxylic acid groups (broad SMARTS) is 1. The number of ether oxygens (including phenoxy) is 1. The van der Waals surface area contributed by atoms with E-state index in [4.69, 9.17) is 9.84 Å². The number of rotatable bonds is 8. The molecule has 1 amide bonds. The molecule has 5 nitrogen and oxygen atoms in total. The number of aliphatic carboxylic acids is 1. The molecule has 1 unspecified atom stereocenters. The topological polar surface area (TPSA) is 75.6 Å². The third kappa shape index (κ3) is 5.64. The zero-order valence-electron chi connectivity index (χ0n) is 14.5. The molecule has 0 spiro atoms. The van der Waals surface area contributed by atoms with Gasteiger partial charge >= 0.3 is 5.97 Å². The molecule has 0 fully saturated rings. The number of hydrogen-bond acceptors (Lipinski definition) is 3. The number of carbonyl (C=O) groups excluding carboxylic acids is 1. The highest BCUT2D eigenvalue weighted by atomic mass is 16.5. The molecule has 2 aromatic rings. The molecule has 0 aliphatic rings. The smallest absolute Gasteiger partial charge is 0.307 e. The molecule has 0 aliphatic carbocycles. The fourth-order valence-electron chi connectivity index (χ4n) is 2.80. The number of benzene rings is 2. The van der Waals surface area contributed by atoms with Gasteiger partial charge in [0, 0.05) is 12.1 Å². The molecule has 0 saturated heterocycles. The monoisotopic (exact) mass is 341 g/mol. The highest BCUT2D eigenvalue weighted by Gasteiger charge is 2.14. The number of nitrogens with one attached hydrogen (secondary N) is 1. The predicted octanol–water partition coefficient (Wildman–Crippen LogP) is 3.53. The number of carbonyl (C=O) groups is 2. The highest BCUT2D eigenvalue weighted by Crippen LogP contribution is 2.23. The summed E-state index contributed by atoms with van der Waals surface area (Å²) in [5.41, 5.74) is 2.22. The first-order valence-corrected chi connectivity index (χ1v) is 8.21. The maximum absolute atomic E-state index is 12.3. The van der Waals surface area contributed by atoms with Crippen LogP contribution in [0.5, 0.6) is 5.75 Å². The molecule has 2 aromatic carbocycles. The third-order valence-corrected chi connectivity index (χ3v) is 3.93. The van der Waals surface area contributed by atoms with Crippen molar-refractivity contribution in [3.05, 3.63) is 59.7 Å². The minimum absolute atomic E-state index is 0.118. The molecule has 0 bridgehead atoms. The van der Waals surface area contributed by atoms with E-state index in [0.717, 1.165) is 17.7 Å². The van der Waals surface area contributed by atoms with Gasteiger partial charge in [-0.15, -0.1) is 0 Å². The molecular weight excluding hydrogens is 318 g/mol. The summed E-state index contributed by atoms with van der Waals surface area (Å²) in [6.45, 7) is 2.01. The summed E-state index contributed by atoms with van der Waals surface area (Å²) in [6.07, 6.45) is 0.959. The summed E-state index contributed by atoms with van der Waals surface area (Å²) in [7, 11) is 1.63. The Kier molecular flexibility index (Phi) is 6.57. The first-order valence-electron chi connectivity index (χ1n) is 8.21. The van der Waals surface area contributed by atoms with E-state index in [1.165, 1.54) is 0 Å². The van der Waals surface area contributed by atoms with Crippen molar-refractivity contribution in [1.82, 2.24) is 0 Å². The second-order valence-electron chi connectivity index (χ2n) is 6.10. The van der Waals surface area contributed by atoms with Gasteiger partial charge in [-0.25, -0.2) is 0 Å². The van der Waals surface area contributed by atoms with Crippen LogP contribution in [0.2, 0.25) is 0 Å². The Morgan fingerprint density at radius 1 is 1.08 bits per heavy atom. The summed E-state index contributed by atoms with van der Waals surface area (Å²) in [5, 5.41) is 11.8. The molecule has 0 aliphatic heterocycles. The van der Waals surface area contributed by atoms with Crippen LogP contribution in [0.1, 0.15) is 24.5 Å². The summed E-state index contributed by atoms with van der Waals surface area (Å²) in [5.74, 6) is -0.101.